The quantitative estimate of drug-likeness (QED) is 0.778. The third-order valence-corrected chi connectivity index (χ3v) is 4.74. The van der Waals surface area contributed by atoms with Gasteiger partial charge in [0.2, 0.25) is 5.95 Å². The molecule has 0 saturated heterocycles. The van der Waals surface area contributed by atoms with E-state index >= 15 is 0 Å². The molecule has 1 aliphatic rings. The summed E-state index contributed by atoms with van der Waals surface area (Å²) in [7, 11) is 0. The fourth-order valence-corrected chi connectivity index (χ4v) is 3.36. The Morgan fingerprint density at radius 1 is 1.24 bits per heavy atom. The average Bonchev–Trinajstić information content (AvgIpc) is 2.90. The minimum Gasteiger partial charge on any atom is -0.355 e. The van der Waals surface area contributed by atoms with Crippen molar-refractivity contribution in [2.75, 3.05) is 29.9 Å². The standard InChI is InChI=1S/C20H20F3N5O/c1-2-9-28-18(29)16(12-24)17(26-19(28)25-13-20(21,22)23)27-10-7-14-5-3-4-6-15(14)8-11-27/h2-6H,1,7-11,13H2,(H,25,26). The molecular weight excluding hydrogens is 383 g/mol. The van der Waals surface area contributed by atoms with Crippen LogP contribution in [0.4, 0.5) is 24.9 Å². The Balaban J connectivity index is 2.01. The first-order valence-corrected chi connectivity index (χ1v) is 9.12. The Morgan fingerprint density at radius 3 is 2.38 bits per heavy atom. The van der Waals surface area contributed by atoms with Crippen LogP contribution in [0.25, 0.3) is 0 Å². The molecule has 0 aliphatic carbocycles. The molecule has 0 unspecified atom stereocenters. The molecule has 1 aromatic carbocycles. The number of aromatic nitrogens is 2. The van der Waals surface area contributed by atoms with Gasteiger partial charge in [-0.15, -0.1) is 6.58 Å². The van der Waals surface area contributed by atoms with E-state index in [9.17, 15) is 23.2 Å². The zero-order valence-electron chi connectivity index (χ0n) is 15.7. The van der Waals surface area contributed by atoms with E-state index in [1.54, 1.807) is 4.90 Å². The first kappa shape index (κ1) is 20.5. The summed E-state index contributed by atoms with van der Waals surface area (Å²) in [6.45, 7) is 3.12. The molecule has 1 aromatic heterocycles. The average molecular weight is 403 g/mol. The number of fused-ring (bicyclic) bond motifs is 1. The highest BCUT2D eigenvalue weighted by molar-refractivity contribution is 5.56. The summed E-state index contributed by atoms with van der Waals surface area (Å²) in [6.07, 6.45) is -1.74. The van der Waals surface area contributed by atoms with Crippen molar-refractivity contribution >= 4 is 11.8 Å². The molecule has 0 saturated carbocycles. The van der Waals surface area contributed by atoms with Crippen molar-refractivity contribution in [2.24, 2.45) is 0 Å². The van der Waals surface area contributed by atoms with Gasteiger partial charge in [0, 0.05) is 19.6 Å². The number of rotatable bonds is 5. The Hall–Kier alpha value is -3.28. The predicted molar refractivity (Wildman–Crippen MR) is 104 cm³/mol. The number of nitriles is 1. The number of allylic oxidation sites excluding steroid dienone is 1. The van der Waals surface area contributed by atoms with Crippen molar-refractivity contribution in [3.05, 3.63) is 64.0 Å². The summed E-state index contributed by atoms with van der Waals surface area (Å²) in [4.78, 5) is 18.9. The van der Waals surface area contributed by atoms with Gasteiger partial charge in [0.25, 0.3) is 5.56 Å². The smallest absolute Gasteiger partial charge is 0.355 e. The van der Waals surface area contributed by atoms with Crippen LogP contribution in [0.15, 0.2) is 41.7 Å². The topological polar surface area (TPSA) is 74.0 Å². The monoisotopic (exact) mass is 403 g/mol. The number of anilines is 2. The van der Waals surface area contributed by atoms with E-state index in [1.807, 2.05) is 30.3 Å². The minimum absolute atomic E-state index is 0.0631. The van der Waals surface area contributed by atoms with Gasteiger partial charge in [-0.1, -0.05) is 30.3 Å². The van der Waals surface area contributed by atoms with Crippen molar-refractivity contribution in [3.63, 3.8) is 0 Å². The van der Waals surface area contributed by atoms with Crippen LogP contribution in [0, 0.1) is 11.3 Å². The van der Waals surface area contributed by atoms with Crippen LogP contribution < -0.4 is 15.8 Å². The minimum atomic E-state index is -4.48. The molecule has 2 aromatic rings. The molecule has 0 bridgehead atoms. The number of alkyl halides is 3. The van der Waals surface area contributed by atoms with Crippen LogP contribution in [0.2, 0.25) is 0 Å². The van der Waals surface area contributed by atoms with Crippen molar-refractivity contribution in [2.45, 2.75) is 25.6 Å². The molecular formula is C20H20F3N5O. The van der Waals surface area contributed by atoms with Gasteiger partial charge in [0.1, 0.15) is 12.6 Å². The van der Waals surface area contributed by atoms with E-state index in [1.165, 1.54) is 17.2 Å². The highest BCUT2D eigenvalue weighted by Gasteiger charge is 2.29. The molecule has 6 nitrogen and oxygen atoms in total. The number of nitrogens with zero attached hydrogens (tertiary/aromatic N) is 4. The summed E-state index contributed by atoms with van der Waals surface area (Å²) in [6, 6.07) is 9.82. The maximum Gasteiger partial charge on any atom is 0.405 e. The van der Waals surface area contributed by atoms with Gasteiger partial charge in [-0.25, -0.2) is 0 Å². The van der Waals surface area contributed by atoms with Crippen LogP contribution in [0.5, 0.6) is 0 Å². The number of hydrogen-bond donors (Lipinski definition) is 1. The van der Waals surface area contributed by atoms with E-state index in [0.29, 0.717) is 25.9 Å². The third-order valence-electron chi connectivity index (χ3n) is 4.74. The maximum absolute atomic E-state index is 12.8. The molecule has 0 radical (unpaired) electrons. The van der Waals surface area contributed by atoms with Gasteiger partial charge in [0.05, 0.1) is 0 Å². The molecule has 3 rings (SSSR count). The molecule has 0 atom stereocenters. The lowest BCUT2D eigenvalue weighted by Gasteiger charge is -2.24. The molecule has 1 N–H and O–H groups in total. The second-order valence-electron chi connectivity index (χ2n) is 6.67. The van der Waals surface area contributed by atoms with Crippen molar-refractivity contribution in [3.8, 4) is 6.07 Å². The third kappa shape index (κ3) is 4.59. The fraction of sp³-hybridized carbons (Fsp3) is 0.350. The van der Waals surface area contributed by atoms with Crippen LogP contribution >= 0.6 is 0 Å². The lowest BCUT2D eigenvalue weighted by atomic mass is 10.0. The summed E-state index contributed by atoms with van der Waals surface area (Å²) in [5.74, 6) is -0.127. The second-order valence-corrected chi connectivity index (χ2v) is 6.67. The summed E-state index contributed by atoms with van der Waals surface area (Å²) in [5, 5.41) is 11.7. The largest absolute Gasteiger partial charge is 0.405 e. The Kier molecular flexibility index (Phi) is 5.92. The highest BCUT2D eigenvalue weighted by atomic mass is 19.4. The Morgan fingerprint density at radius 2 is 1.86 bits per heavy atom. The van der Waals surface area contributed by atoms with Gasteiger partial charge in [-0.05, 0) is 24.0 Å². The van der Waals surface area contributed by atoms with Crippen LogP contribution in [-0.4, -0.2) is 35.4 Å². The SMILES string of the molecule is C=CCn1c(NCC(F)(F)F)nc(N2CCc3ccccc3CC2)c(C#N)c1=O. The van der Waals surface area contributed by atoms with Gasteiger partial charge in [-0.3, -0.25) is 9.36 Å². The Bertz CT molecular complexity index is 980. The van der Waals surface area contributed by atoms with Crippen molar-refractivity contribution in [1.82, 2.24) is 9.55 Å². The highest BCUT2D eigenvalue weighted by Crippen LogP contribution is 2.23. The Labute approximate surface area is 165 Å². The van der Waals surface area contributed by atoms with Gasteiger partial charge in [-0.2, -0.15) is 23.4 Å². The van der Waals surface area contributed by atoms with Gasteiger partial charge in [0.15, 0.2) is 11.4 Å². The van der Waals surface area contributed by atoms with Gasteiger partial charge < -0.3 is 10.2 Å². The first-order valence-electron chi connectivity index (χ1n) is 9.12. The number of hydrogen-bond acceptors (Lipinski definition) is 5. The van der Waals surface area contributed by atoms with E-state index < -0.39 is 18.3 Å². The molecule has 29 heavy (non-hydrogen) atoms. The fourth-order valence-electron chi connectivity index (χ4n) is 3.36. The van der Waals surface area contributed by atoms with Crippen LogP contribution in [0.1, 0.15) is 16.7 Å². The molecule has 0 fully saturated rings. The zero-order chi connectivity index (χ0) is 21.0. The number of nitrogens with one attached hydrogen (secondary N) is 1. The van der Waals surface area contributed by atoms with Crippen LogP contribution in [-0.2, 0) is 19.4 Å². The molecule has 0 spiro atoms. The zero-order valence-corrected chi connectivity index (χ0v) is 15.7. The van der Waals surface area contributed by atoms with Gasteiger partial charge >= 0.3 is 6.18 Å². The lowest BCUT2D eigenvalue weighted by Crippen LogP contribution is -2.35. The molecule has 2 heterocycles. The summed E-state index contributed by atoms with van der Waals surface area (Å²) >= 11 is 0. The van der Waals surface area contributed by atoms with E-state index in [0.717, 1.165) is 4.57 Å². The maximum atomic E-state index is 12.8. The molecule has 9 heteroatoms. The summed E-state index contributed by atoms with van der Waals surface area (Å²) in [5.41, 5.74) is 1.46. The van der Waals surface area contributed by atoms with Crippen LogP contribution in [0.3, 0.4) is 0 Å². The lowest BCUT2D eigenvalue weighted by molar-refractivity contribution is -0.115. The normalized spacial score (nSPS) is 13.9. The predicted octanol–water partition coefficient (Wildman–Crippen LogP) is 2.88. The molecule has 0 amide bonds. The number of benzene rings is 1. The first-order chi connectivity index (χ1) is 13.8. The van der Waals surface area contributed by atoms with E-state index in [-0.39, 0.29) is 23.9 Å². The van der Waals surface area contributed by atoms with E-state index in [4.69, 9.17) is 0 Å². The number of halogens is 3. The molecule has 1 aliphatic heterocycles. The van der Waals surface area contributed by atoms with E-state index in [2.05, 4.69) is 16.9 Å². The molecule has 152 valence electrons. The summed E-state index contributed by atoms with van der Waals surface area (Å²) < 4.78 is 39.1. The second kappa shape index (κ2) is 8.39. The van der Waals surface area contributed by atoms with Crippen molar-refractivity contribution < 1.29 is 13.2 Å². The van der Waals surface area contributed by atoms with Crippen molar-refractivity contribution in [1.29, 1.82) is 5.26 Å².